The van der Waals surface area contributed by atoms with Gasteiger partial charge in [-0.15, -0.1) is 0 Å². The highest BCUT2D eigenvalue weighted by molar-refractivity contribution is 5.93. The molecule has 26 heavy (non-hydrogen) atoms. The minimum atomic E-state index is -0.105. The van der Waals surface area contributed by atoms with E-state index in [0.717, 1.165) is 51.1 Å². The summed E-state index contributed by atoms with van der Waals surface area (Å²) in [5, 5.41) is 5.82. The Labute approximate surface area is 155 Å². The van der Waals surface area contributed by atoms with Crippen LogP contribution in [0.15, 0.2) is 12.4 Å². The van der Waals surface area contributed by atoms with Gasteiger partial charge in [-0.25, -0.2) is 9.97 Å². The van der Waals surface area contributed by atoms with E-state index in [9.17, 15) is 9.59 Å². The molecule has 2 amide bonds. The van der Waals surface area contributed by atoms with Gasteiger partial charge in [0.2, 0.25) is 5.91 Å². The molecule has 2 fully saturated rings. The molecule has 1 aliphatic carbocycles. The van der Waals surface area contributed by atoms with Crippen LogP contribution in [-0.4, -0.2) is 59.4 Å². The summed E-state index contributed by atoms with van der Waals surface area (Å²) < 4.78 is 0. The number of hydrogen-bond donors (Lipinski definition) is 2. The van der Waals surface area contributed by atoms with Crippen molar-refractivity contribution < 1.29 is 9.59 Å². The first-order valence-corrected chi connectivity index (χ1v) is 9.66. The molecule has 1 aliphatic heterocycles. The van der Waals surface area contributed by atoms with Gasteiger partial charge >= 0.3 is 0 Å². The van der Waals surface area contributed by atoms with Crippen LogP contribution in [0.3, 0.4) is 0 Å². The number of nitrogens with zero attached hydrogens (tertiary/aromatic N) is 3. The molecule has 7 heteroatoms. The van der Waals surface area contributed by atoms with E-state index in [1.54, 1.807) is 19.4 Å². The SMILES string of the molecule is CCC[C@@H]1CN(CCC(=O)NC)C[C@H]1NC(=O)c1cnc(C2CC2)nc1. The lowest BCUT2D eigenvalue weighted by atomic mass is 9.98. The second-order valence-corrected chi connectivity index (χ2v) is 7.42. The van der Waals surface area contributed by atoms with Crippen molar-refractivity contribution in [1.29, 1.82) is 0 Å². The van der Waals surface area contributed by atoms with Crippen molar-refractivity contribution in [2.75, 3.05) is 26.7 Å². The molecular weight excluding hydrogens is 330 g/mol. The number of carbonyl (C=O) groups is 2. The Morgan fingerprint density at radius 2 is 1.96 bits per heavy atom. The first kappa shape index (κ1) is 18.8. The lowest BCUT2D eigenvalue weighted by Crippen LogP contribution is -2.40. The van der Waals surface area contributed by atoms with Crippen molar-refractivity contribution in [2.24, 2.45) is 5.92 Å². The van der Waals surface area contributed by atoms with Gasteiger partial charge in [-0.1, -0.05) is 13.3 Å². The normalized spacial score (nSPS) is 23.0. The van der Waals surface area contributed by atoms with E-state index in [1.807, 2.05) is 0 Å². The summed E-state index contributed by atoms with van der Waals surface area (Å²) in [5.41, 5.74) is 0.522. The smallest absolute Gasteiger partial charge is 0.254 e. The summed E-state index contributed by atoms with van der Waals surface area (Å²) in [6, 6.07) is 0.107. The van der Waals surface area contributed by atoms with E-state index in [0.29, 0.717) is 23.8 Å². The molecule has 2 heterocycles. The fourth-order valence-electron chi connectivity index (χ4n) is 3.61. The number of carbonyl (C=O) groups excluding carboxylic acids is 2. The molecule has 0 spiro atoms. The van der Waals surface area contributed by atoms with Crippen molar-refractivity contribution in [3.8, 4) is 0 Å². The van der Waals surface area contributed by atoms with Crippen LogP contribution in [0.25, 0.3) is 0 Å². The Morgan fingerprint density at radius 3 is 2.58 bits per heavy atom. The fraction of sp³-hybridized carbons (Fsp3) is 0.684. The minimum absolute atomic E-state index is 0.0532. The van der Waals surface area contributed by atoms with Gasteiger partial charge in [0.15, 0.2) is 0 Å². The molecule has 1 saturated heterocycles. The third kappa shape index (κ3) is 4.78. The van der Waals surface area contributed by atoms with Crippen molar-refractivity contribution in [2.45, 2.75) is 51.0 Å². The molecule has 7 nitrogen and oxygen atoms in total. The predicted molar refractivity (Wildman–Crippen MR) is 98.8 cm³/mol. The van der Waals surface area contributed by atoms with E-state index >= 15 is 0 Å². The number of nitrogens with one attached hydrogen (secondary N) is 2. The summed E-state index contributed by atoms with van der Waals surface area (Å²) in [6.45, 7) is 4.60. The van der Waals surface area contributed by atoms with Crippen LogP contribution < -0.4 is 10.6 Å². The van der Waals surface area contributed by atoms with Gasteiger partial charge in [-0.2, -0.15) is 0 Å². The third-order valence-corrected chi connectivity index (χ3v) is 5.30. The van der Waals surface area contributed by atoms with Gasteiger partial charge in [0, 0.05) is 57.5 Å². The van der Waals surface area contributed by atoms with Crippen LogP contribution in [0.5, 0.6) is 0 Å². The molecule has 1 saturated carbocycles. The fourth-order valence-corrected chi connectivity index (χ4v) is 3.61. The molecule has 0 bridgehead atoms. The maximum Gasteiger partial charge on any atom is 0.254 e. The summed E-state index contributed by atoms with van der Waals surface area (Å²) >= 11 is 0. The molecule has 2 aliphatic rings. The summed E-state index contributed by atoms with van der Waals surface area (Å²) in [4.78, 5) is 35.0. The van der Waals surface area contributed by atoms with Crippen LogP contribution in [0, 0.1) is 5.92 Å². The number of rotatable bonds is 8. The molecular formula is C19H29N5O2. The largest absolute Gasteiger partial charge is 0.359 e. The molecule has 2 N–H and O–H groups in total. The van der Waals surface area contributed by atoms with Crippen LogP contribution in [-0.2, 0) is 4.79 Å². The van der Waals surface area contributed by atoms with Crippen molar-refractivity contribution in [1.82, 2.24) is 25.5 Å². The lowest BCUT2D eigenvalue weighted by Gasteiger charge is -2.19. The highest BCUT2D eigenvalue weighted by Gasteiger charge is 2.33. The van der Waals surface area contributed by atoms with Crippen molar-refractivity contribution in [3.63, 3.8) is 0 Å². The highest BCUT2D eigenvalue weighted by atomic mass is 16.2. The Morgan fingerprint density at radius 1 is 1.23 bits per heavy atom. The van der Waals surface area contributed by atoms with Crippen molar-refractivity contribution in [3.05, 3.63) is 23.8 Å². The lowest BCUT2D eigenvalue weighted by molar-refractivity contribution is -0.120. The maximum absolute atomic E-state index is 12.6. The highest BCUT2D eigenvalue weighted by Crippen LogP contribution is 2.37. The van der Waals surface area contributed by atoms with Crippen LogP contribution in [0.4, 0.5) is 0 Å². The summed E-state index contributed by atoms with van der Waals surface area (Å²) in [7, 11) is 1.66. The zero-order valence-corrected chi connectivity index (χ0v) is 15.7. The Kier molecular flexibility index (Phi) is 6.19. The number of hydrogen-bond acceptors (Lipinski definition) is 5. The third-order valence-electron chi connectivity index (χ3n) is 5.30. The maximum atomic E-state index is 12.6. The molecule has 142 valence electrons. The second-order valence-electron chi connectivity index (χ2n) is 7.42. The Hall–Kier alpha value is -2.02. The average molecular weight is 359 g/mol. The molecule has 0 unspecified atom stereocenters. The standard InChI is InChI=1S/C19H29N5O2/c1-3-4-14-11-24(8-7-17(25)20-2)12-16(14)23-19(26)15-9-21-18(22-10-15)13-5-6-13/h9-10,13-14,16H,3-8,11-12H2,1-2H3,(H,20,25)(H,23,26)/t14-,16-/m1/s1. The van der Waals surface area contributed by atoms with Gasteiger partial charge in [0.1, 0.15) is 5.82 Å². The number of likely N-dealkylation sites (tertiary alicyclic amines) is 1. The van der Waals surface area contributed by atoms with Gasteiger partial charge in [-0.05, 0) is 25.2 Å². The molecule has 0 radical (unpaired) electrons. The van der Waals surface area contributed by atoms with E-state index in [2.05, 4.69) is 32.4 Å². The van der Waals surface area contributed by atoms with E-state index in [4.69, 9.17) is 0 Å². The monoisotopic (exact) mass is 359 g/mol. The van der Waals surface area contributed by atoms with Crippen LogP contribution >= 0.6 is 0 Å². The molecule has 1 aromatic heterocycles. The predicted octanol–water partition coefficient (Wildman–Crippen LogP) is 1.32. The Bertz CT molecular complexity index is 629. The van der Waals surface area contributed by atoms with Gasteiger partial charge in [0.25, 0.3) is 5.91 Å². The summed E-state index contributed by atoms with van der Waals surface area (Å²) in [5.74, 6) is 1.71. The summed E-state index contributed by atoms with van der Waals surface area (Å²) in [6.07, 6.45) is 8.23. The minimum Gasteiger partial charge on any atom is -0.359 e. The topological polar surface area (TPSA) is 87.2 Å². The van der Waals surface area contributed by atoms with Gasteiger partial charge < -0.3 is 15.5 Å². The van der Waals surface area contributed by atoms with E-state index in [-0.39, 0.29) is 17.9 Å². The van der Waals surface area contributed by atoms with E-state index < -0.39 is 0 Å². The number of aromatic nitrogens is 2. The van der Waals surface area contributed by atoms with Gasteiger partial charge in [-0.3, -0.25) is 9.59 Å². The zero-order chi connectivity index (χ0) is 18.5. The zero-order valence-electron chi connectivity index (χ0n) is 15.7. The first-order chi connectivity index (χ1) is 12.6. The Balaban J connectivity index is 1.56. The van der Waals surface area contributed by atoms with Crippen LogP contribution in [0.1, 0.15) is 61.1 Å². The quantitative estimate of drug-likeness (QED) is 0.731. The first-order valence-electron chi connectivity index (χ1n) is 9.66. The molecule has 0 aromatic carbocycles. The number of amides is 2. The second kappa shape index (κ2) is 8.58. The molecule has 2 atom stereocenters. The molecule has 1 aromatic rings. The average Bonchev–Trinajstić information content (AvgIpc) is 3.44. The molecule has 3 rings (SSSR count). The van der Waals surface area contributed by atoms with E-state index in [1.165, 1.54) is 0 Å². The van der Waals surface area contributed by atoms with Gasteiger partial charge in [0.05, 0.1) is 5.56 Å². The van der Waals surface area contributed by atoms with Crippen LogP contribution in [0.2, 0.25) is 0 Å². The van der Waals surface area contributed by atoms with Crippen molar-refractivity contribution >= 4 is 11.8 Å².